The van der Waals surface area contributed by atoms with E-state index in [9.17, 15) is 4.79 Å². The van der Waals surface area contributed by atoms with Gasteiger partial charge in [-0.15, -0.1) is 0 Å². The topological polar surface area (TPSA) is 38.1 Å². The van der Waals surface area contributed by atoms with Crippen LogP contribution in [0, 0.1) is 5.41 Å². The maximum atomic E-state index is 12.3. The van der Waals surface area contributed by atoms with Crippen molar-refractivity contribution < 1.29 is 4.79 Å². The lowest BCUT2D eigenvalue weighted by Crippen LogP contribution is -2.38. The molecule has 1 aromatic heterocycles. The summed E-state index contributed by atoms with van der Waals surface area (Å²) in [5.41, 5.74) is 1.88. The molecule has 3 rings (SSSR count). The zero-order valence-electron chi connectivity index (χ0n) is 12.3. The number of likely N-dealkylation sites (tertiary alicyclic amines) is 1. The molecule has 2 aromatic rings. The molecule has 1 fully saturated rings. The smallest absolute Gasteiger partial charge is 0.228 e. The zero-order chi connectivity index (χ0) is 14.3. The third kappa shape index (κ3) is 2.19. The lowest BCUT2D eigenvalue weighted by atomic mass is 9.95. The number of hydrogen-bond acceptors (Lipinski definition) is 2. The van der Waals surface area contributed by atoms with E-state index in [0.29, 0.717) is 6.04 Å². The minimum atomic E-state index is -0.300. The Bertz CT molecular complexity index is 638. The fourth-order valence-corrected chi connectivity index (χ4v) is 2.90. The van der Waals surface area contributed by atoms with Crippen molar-refractivity contribution in [1.29, 1.82) is 0 Å². The standard InChI is InChI=1S/C16H21N3O/c1-16(2,3)15(20)18-9-8-12(10-18)19-11-17-13-6-4-5-7-14(13)19/h4-7,11-12H,8-10H2,1-3H3. The third-order valence-electron chi connectivity index (χ3n) is 3.97. The SMILES string of the molecule is CC(C)(C)C(=O)N1CCC(n2cnc3ccccc32)C1. The van der Waals surface area contributed by atoms with Gasteiger partial charge < -0.3 is 9.47 Å². The van der Waals surface area contributed by atoms with Crippen LogP contribution in [0.4, 0.5) is 0 Å². The number of imidazole rings is 1. The summed E-state index contributed by atoms with van der Waals surface area (Å²) < 4.78 is 2.21. The van der Waals surface area contributed by atoms with Crippen molar-refractivity contribution in [2.45, 2.75) is 33.2 Å². The van der Waals surface area contributed by atoms with Gasteiger partial charge in [-0.25, -0.2) is 4.98 Å². The molecule has 4 heteroatoms. The summed E-state index contributed by atoms with van der Waals surface area (Å²) in [5, 5.41) is 0. The van der Waals surface area contributed by atoms with Gasteiger partial charge in [-0.2, -0.15) is 0 Å². The largest absolute Gasteiger partial charge is 0.340 e. The molecule has 4 nitrogen and oxygen atoms in total. The van der Waals surface area contributed by atoms with Gasteiger partial charge in [-0.3, -0.25) is 4.79 Å². The van der Waals surface area contributed by atoms with E-state index < -0.39 is 0 Å². The van der Waals surface area contributed by atoms with E-state index in [0.717, 1.165) is 30.5 Å². The number of amides is 1. The van der Waals surface area contributed by atoms with E-state index in [4.69, 9.17) is 0 Å². The summed E-state index contributed by atoms with van der Waals surface area (Å²) in [6, 6.07) is 8.50. The molecule has 106 valence electrons. The Morgan fingerprint density at radius 2 is 2.05 bits per heavy atom. The normalized spacial score (nSPS) is 19.8. The Morgan fingerprint density at radius 3 is 2.80 bits per heavy atom. The van der Waals surface area contributed by atoms with Crippen LogP contribution < -0.4 is 0 Å². The van der Waals surface area contributed by atoms with Crippen LogP contribution in [-0.4, -0.2) is 33.4 Å². The maximum Gasteiger partial charge on any atom is 0.228 e. The van der Waals surface area contributed by atoms with E-state index in [1.165, 1.54) is 0 Å². The Labute approximate surface area is 119 Å². The number of hydrogen-bond donors (Lipinski definition) is 0. The highest BCUT2D eigenvalue weighted by Gasteiger charge is 2.33. The summed E-state index contributed by atoms with van der Waals surface area (Å²) in [6.07, 6.45) is 2.91. The first-order chi connectivity index (χ1) is 9.47. The van der Waals surface area contributed by atoms with E-state index in [1.807, 2.05) is 50.2 Å². The van der Waals surface area contributed by atoms with Crippen LogP contribution in [0.25, 0.3) is 11.0 Å². The van der Waals surface area contributed by atoms with Crippen molar-refractivity contribution in [3.05, 3.63) is 30.6 Å². The Balaban J connectivity index is 1.82. The average Bonchev–Trinajstić information content (AvgIpc) is 3.02. The molecule has 1 amide bonds. The maximum absolute atomic E-state index is 12.3. The molecule has 0 radical (unpaired) electrons. The van der Waals surface area contributed by atoms with Gasteiger partial charge in [0.25, 0.3) is 0 Å². The van der Waals surface area contributed by atoms with Crippen LogP contribution in [0.5, 0.6) is 0 Å². The number of carbonyl (C=O) groups excluding carboxylic acids is 1. The number of nitrogens with zero attached hydrogens (tertiary/aromatic N) is 3. The second-order valence-corrected chi connectivity index (χ2v) is 6.58. The highest BCUT2D eigenvalue weighted by molar-refractivity contribution is 5.82. The number of aromatic nitrogens is 2. The highest BCUT2D eigenvalue weighted by atomic mass is 16.2. The first kappa shape index (κ1) is 13.2. The molecule has 1 aliphatic heterocycles. The third-order valence-corrected chi connectivity index (χ3v) is 3.97. The first-order valence-electron chi connectivity index (χ1n) is 7.18. The van der Waals surface area contributed by atoms with Crippen LogP contribution in [0.2, 0.25) is 0 Å². The molecule has 1 atom stereocenters. The Hall–Kier alpha value is -1.84. The minimum Gasteiger partial charge on any atom is -0.340 e. The van der Waals surface area contributed by atoms with Gasteiger partial charge in [0.2, 0.25) is 5.91 Å². The van der Waals surface area contributed by atoms with Crippen LogP contribution in [0.3, 0.4) is 0 Å². The molecule has 0 saturated carbocycles. The van der Waals surface area contributed by atoms with Gasteiger partial charge in [0, 0.05) is 18.5 Å². The zero-order valence-corrected chi connectivity index (χ0v) is 12.3. The van der Waals surface area contributed by atoms with Gasteiger partial charge in [0.15, 0.2) is 0 Å². The van der Waals surface area contributed by atoms with Crippen LogP contribution in [0.15, 0.2) is 30.6 Å². The first-order valence-corrected chi connectivity index (χ1v) is 7.18. The molecule has 0 N–H and O–H groups in total. The summed E-state index contributed by atoms with van der Waals surface area (Å²) in [5.74, 6) is 0.240. The molecule has 0 aliphatic carbocycles. The second-order valence-electron chi connectivity index (χ2n) is 6.58. The molecule has 1 unspecified atom stereocenters. The molecule has 20 heavy (non-hydrogen) atoms. The van der Waals surface area contributed by atoms with Gasteiger partial charge in [0.1, 0.15) is 0 Å². The molecular formula is C16H21N3O. The monoisotopic (exact) mass is 271 g/mol. The van der Waals surface area contributed by atoms with Crippen molar-refractivity contribution in [2.75, 3.05) is 13.1 Å². The fraction of sp³-hybridized carbons (Fsp3) is 0.500. The predicted octanol–water partition coefficient (Wildman–Crippen LogP) is 2.86. The fourth-order valence-electron chi connectivity index (χ4n) is 2.90. The van der Waals surface area contributed by atoms with Crippen molar-refractivity contribution in [2.24, 2.45) is 5.41 Å². The molecule has 1 aliphatic rings. The van der Waals surface area contributed by atoms with Gasteiger partial charge in [-0.05, 0) is 18.6 Å². The molecule has 0 bridgehead atoms. The van der Waals surface area contributed by atoms with Crippen molar-refractivity contribution in [3.8, 4) is 0 Å². The van der Waals surface area contributed by atoms with Gasteiger partial charge in [-0.1, -0.05) is 32.9 Å². The van der Waals surface area contributed by atoms with E-state index in [-0.39, 0.29) is 11.3 Å². The summed E-state index contributed by atoms with van der Waals surface area (Å²) in [4.78, 5) is 18.8. The van der Waals surface area contributed by atoms with E-state index >= 15 is 0 Å². The highest BCUT2D eigenvalue weighted by Crippen LogP contribution is 2.28. The van der Waals surface area contributed by atoms with Crippen molar-refractivity contribution >= 4 is 16.9 Å². The van der Waals surface area contributed by atoms with E-state index in [1.54, 1.807) is 0 Å². The Kier molecular flexibility index (Phi) is 3.04. The molecule has 2 heterocycles. The summed E-state index contributed by atoms with van der Waals surface area (Å²) >= 11 is 0. The average molecular weight is 271 g/mol. The Morgan fingerprint density at radius 1 is 1.30 bits per heavy atom. The van der Waals surface area contributed by atoms with E-state index in [2.05, 4.69) is 15.6 Å². The quantitative estimate of drug-likeness (QED) is 0.800. The number of carbonyl (C=O) groups is 1. The van der Waals surface area contributed by atoms with Crippen LogP contribution in [0.1, 0.15) is 33.2 Å². The lowest BCUT2D eigenvalue weighted by molar-refractivity contribution is -0.138. The minimum absolute atomic E-state index is 0.240. The lowest BCUT2D eigenvalue weighted by Gasteiger charge is -2.25. The van der Waals surface area contributed by atoms with Crippen LogP contribution in [-0.2, 0) is 4.79 Å². The number of para-hydroxylation sites is 2. The van der Waals surface area contributed by atoms with Crippen LogP contribution >= 0.6 is 0 Å². The van der Waals surface area contributed by atoms with Crippen molar-refractivity contribution in [3.63, 3.8) is 0 Å². The molecule has 1 aromatic carbocycles. The number of rotatable bonds is 1. The molecule has 0 spiro atoms. The number of benzene rings is 1. The molecule has 1 saturated heterocycles. The molecular weight excluding hydrogens is 250 g/mol. The van der Waals surface area contributed by atoms with Crippen molar-refractivity contribution in [1.82, 2.24) is 14.5 Å². The number of fused-ring (bicyclic) bond motifs is 1. The van der Waals surface area contributed by atoms with Gasteiger partial charge >= 0.3 is 0 Å². The van der Waals surface area contributed by atoms with Gasteiger partial charge in [0.05, 0.1) is 23.4 Å². The second kappa shape index (κ2) is 4.62. The summed E-state index contributed by atoms with van der Waals surface area (Å²) in [6.45, 7) is 7.57. The summed E-state index contributed by atoms with van der Waals surface area (Å²) in [7, 11) is 0. The predicted molar refractivity (Wildman–Crippen MR) is 79.4 cm³/mol.